The SMILES string of the molecule is O=C1CCC(=O)N1OC(O)=C1C=CC=C1. The number of hydrogen-bond acceptors (Lipinski definition) is 4. The highest BCUT2D eigenvalue weighted by Gasteiger charge is 2.32. The summed E-state index contributed by atoms with van der Waals surface area (Å²) in [7, 11) is 0. The van der Waals surface area contributed by atoms with Gasteiger partial charge in [0.15, 0.2) is 0 Å². The van der Waals surface area contributed by atoms with E-state index in [2.05, 4.69) is 0 Å². The largest absolute Gasteiger partial charge is 0.479 e. The van der Waals surface area contributed by atoms with Crippen LogP contribution in [0.2, 0.25) is 0 Å². The molecule has 5 nitrogen and oxygen atoms in total. The van der Waals surface area contributed by atoms with Crippen LogP contribution in [0.1, 0.15) is 12.8 Å². The second-order valence-electron chi connectivity index (χ2n) is 3.15. The number of aliphatic hydroxyl groups is 1. The maximum absolute atomic E-state index is 11.1. The average molecular weight is 207 g/mol. The highest BCUT2D eigenvalue weighted by Crippen LogP contribution is 2.18. The summed E-state index contributed by atoms with van der Waals surface area (Å²) in [4.78, 5) is 27.1. The van der Waals surface area contributed by atoms with Crippen LogP contribution >= 0.6 is 0 Å². The molecule has 1 saturated heterocycles. The van der Waals surface area contributed by atoms with Gasteiger partial charge in [-0.1, -0.05) is 12.2 Å². The smallest absolute Gasteiger partial charge is 0.312 e. The van der Waals surface area contributed by atoms with Gasteiger partial charge in [0.05, 0.1) is 5.57 Å². The van der Waals surface area contributed by atoms with Gasteiger partial charge < -0.3 is 9.94 Å². The van der Waals surface area contributed by atoms with Crippen molar-refractivity contribution < 1.29 is 19.5 Å². The van der Waals surface area contributed by atoms with Gasteiger partial charge in [-0.2, -0.15) is 0 Å². The summed E-state index contributed by atoms with van der Waals surface area (Å²) in [5, 5.41) is 10.1. The quantitative estimate of drug-likeness (QED) is 0.541. The van der Waals surface area contributed by atoms with Gasteiger partial charge in [0.1, 0.15) is 0 Å². The first-order valence-electron chi connectivity index (χ1n) is 4.50. The van der Waals surface area contributed by atoms with E-state index in [1.54, 1.807) is 24.3 Å². The van der Waals surface area contributed by atoms with Gasteiger partial charge in [0.25, 0.3) is 11.8 Å². The molecule has 1 heterocycles. The Morgan fingerprint density at radius 3 is 2.27 bits per heavy atom. The Morgan fingerprint density at radius 1 is 1.20 bits per heavy atom. The third kappa shape index (κ3) is 1.76. The molecule has 2 aliphatic rings. The number of amides is 2. The minimum atomic E-state index is -0.441. The lowest BCUT2D eigenvalue weighted by atomic mass is 10.3. The molecule has 1 aliphatic carbocycles. The second kappa shape index (κ2) is 3.61. The summed E-state index contributed by atoms with van der Waals surface area (Å²) in [6.07, 6.45) is 6.91. The number of nitrogens with zero attached hydrogens (tertiary/aromatic N) is 1. The molecule has 0 aromatic carbocycles. The lowest BCUT2D eigenvalue weighted by Crippen LogP contribution is -2.29. The molecule has 5 heteroatoms. The van der Waals surface area contributed by atoms with Crippen molar-refractivity contribution in [2.24, 2.45) is 0 Å². The summed E-state index contributed by atoms with van der Waals surface area (Å²) >= 11 is 0. The standard InChI is InChI=1S/C10H9NO4/c12-8-5-6-9(13)11(8)15-10(14)7-3-1-2-4-7/h1-4,14H,5-6H2. The fourth-order valence-corrected chi connectivity index (χ4v) is 1.31. The van der Waals surface area contributed by atoms with Crippen molar-refractivity contribution in [3.63, 3.8) is 0 Å². The van der Waals surface area contributed by atoms with Gasteiger partial charge in [-0.05, 0) is 12.2 Å². The monoisotopic (exact) mass is 207 g/mol. The zero-order valence-electron chi connectivity index (χ0n) is 7.84. The molecule has 0 atom stereocenters. The Bertz CT molecular complexity index is 376. The maximum atomic E-state index is 11.1. The van der Waals surface area contributed by atoms with Gasteiger partial charge >= 0.3 is 5.95 Å². The lowest BCUT2D eigenvalue weighted by Gasteiger charge is -2.13. The molecule has 0 spiro atoms. The van der Waals surface area contributed by atoms with Crippen LogP contribution in [-0.4, -0.2) is 22.0 Å². The third-order valence-corrected chi connectivity index (χ3v) is 2.09. The molecular formula is C10H9NO4. The van der Waals surface area contributed by atoms with Gasteiger partial charge in [0.2, 0.25) is 0 Å². The highest BCUT2D eigenvalue weighted by atomic mass is 16.8. The normalized spacial score (nSPS) is 19.2. The molecule has 0 radical (unpaired) electrons. The van der Waals surface area contributed by atoms with E-state index in [-0.39, 0.29) is 12.8 Å². The van der Waals surface area contributed by atoms with Crippen LogP contribution < -0.4 is 0 Å². The summed E-state index contributed by atoms with van der Waals surface area (Å²) in [5.74, 6) is -1.31. The topological polar surface area (TPSA) is 66.8 Å². The van der Waals surface area contributed by atoms with E-state index in [0.717, 1.165) is 0 Å². The molecule has 15 heavy (non-hydrogen) atoms. The van der Waals surface area contributed by atoms with Crippen LogP contribution in [0.3, 0.4) is 0 Å². The van der Waals surface area contributed by atoms with Crippen LogP contribution in [0.15, 0.2) is 35.8 Å². The first-order chi connectivity index (χ1) is 7.18. The predicted molar refractivity (Wildman–Crippen MR) is 50.1 cm³/mol. The van der Waals surface area contributed by atoms with Crippen molar-refractivity contribution in [1.82, 2.24) is 5.06 Å². The van der Waals surface area contributed by atoms with Crippen LogP contribution in [0.5, 0.6) is 0 Å². The fraction of sp³-hybridized carbons (Fsp3) is 0.200. The number of imide groups is 1. The second-order valence-corrected chi connectivity index (χ2v) is 3.15. The van der Waals surface area contributed by atoms with Gasteiger partial charge in [0, 0.05) is 12.8 Å². The first-order valence-corrected chi connectivity index (χ1v) is 4.50. The molecule has 0 bridgehead atoms. The van der Waals surface area contributed by atoms with E-state index in [1.807, 2.05) is 0 Å². The Hall–Kier alpha value is -2.04. The van der Waals surface area contributed by atoms with E-state index in [1.165, 1.54) is 0 Å². The number of carbonyl (C=O) groups excluding carboxylic acids is 2. The molecule has 0 unspecified atom stereocenters. The summed E-state index contributed by atoms with van der Waals surface area (Å²) in [6, 6.07) is 0. The number of hydrogen-bond donors (Lipinski definition) is 1. The van der Waals surface area contributed by atoms with E-state index >= 15 is 0 Å². The number of rotatable bonds is 2. The molecule has 1 fully saturated rings. The van der Waals surface area contributed by atoms with Crippen LogP contribution in [0.25, 0.3) is 0 Å². The van der Waals surface area contributed by atoms with Gasteiger partial charge in [-0.3, -0.25) is 9.59 Å². The van der Waals surface area contributed by atoms with Crippen molar-refractivity contribution in [1.29, 1.82) is 0 Å². The molecule has 2 amide bonds. The molecule has 0 saturated carbocycles. The Morgan fingerprint density at radius 2 is 1.73 bits per heavy atom. The van der Waals surface area contributed by atoms with Crippen molar-refractivity contribution in [2.75, 3.05) is 0 Å². The van der Waals surface area contributed by atoms with Gasteiger partial charge in [-0.15, -0.1) is 5.06 Å². The number of carbonyl (C=O) groups is 2. The fourth-order valence-electron chi connectivity index (χ4n) is 1.31. The first kappa shape index (κ1) is 9.51. The van der Waals surface area contributed by atoms with Crippen LogP contribution in [0.4, 0.5) is 0 Å². The van der Waals surface area contributed by atoms with Crippen LogP contribution in [0, 0.1) is 0 Å². The summed E-state index contributed by atoms with van der Waals surface area (Å²) < 4.78 is 0. The Labute approximate surface area is 85.9 Å². The van der Waals surface area contributed by atoms with Crippen molar-refractivity contribution in [3.05, 3.63) is 35.8 Å². The minimum Gasteiger partial charge on any atom is -0.479 e. The van der Waals surface area contributed by atoms with E-state index in [0.29, 0.717) is 10.6 Å². The molecule has 1 aliphatic heterocycles. The van der Waals surface area contributed by atoms with Gasteiger partial charge in [-0.25, -0.2) is 0 Å². The summed E-state index contributed by atoms with van der Waals surface area (Å²) in [6.45, 7) is 0. The Kier molecular flexibility index (Phi) is 2.29. The zero-order valence-corrected chi connectivity index (χ0v) is 7.84. The van der Waals surface area contributed by atoms with Crippen molar-refractivity contribution >= 4 is 11.8 Å². The van der Waals surface area contributed by atoms with E-state index < -0.39 is 17.8 Å². The molecule has 1 N–H and O–H groups in total. The maximum Gasteiger partial charge on any atom is 0.312 e. The highest BCUT2D eigenvalue weighted by molar-refractivity contribution is 6.00. The molecule has 2 rings (SSSR count). The summed E-state index contributed by atoms with van der Waals surface area (Å²) in [5.41, 5.74) is 0.433. The van der Waals surface area contributed by atoms with E-state index in [4.69, 9.17) is 4.84 Å². The van der Waals surface area contributed by atoms with E-state index in [9.17, 15) is 14.7 Å². The van der Waals surface area contributed by atoms with Crippen molar-refractivity contribution in [3.8, 4) is 0 Å². The number of hydroxylamine groups is 2. The Balaban J connectivity index is 2.12. The third-order valence-electron chi connectivity index (χ3n) is 2.09. The zero-order chi connectivity index (χ0) is 10.8. The lowest BCUT2D eigenvalue weighted by molar-refractivity contribution is -0.186. The number of allylic oxidation sites excluding steroid dienone is 5. The molecule has 0 aromatic heterocycles. The minimum absolute atomic E-state index is 0.132. The molecule has 78 valence electrons. The average Bonchev–Trinajstić information content (AvgIpc) is 2.82. The van der Waals surface area contributed by atoms with Crippen LogP contribution in [-0.2, 0) is 14.4 Å². The predicted octanol–water partition coefficient (Wildman–Crippen LogP) is 0.963. The molecular weight excluding hydrogens is 198 g/mol. The number of aliphatic hydroxyl groups excluding tert-OH is 1. The molecule has 0 aromatic rings. The van der Waals surface area contributed by atoms with Crippen molar-refractivity contribution in [2.45, 2.75) is 12.8 Å².